The summed E-state index contributed by atoms with van der Waals surface area (Å²) < 4.78 is 5.46. The van der Waals surface area contributed by atoms with Crippen LogP contribution in [-0.2, 0) is 22.5 Å². The highest BCUT2D eigenvalue weighted by Crippen LogP contribution is 2.30. The Labute approximate surface area is 180 Å². The maximum Gasteiger partial charge on any atom is 0.410 e. The van der Waals surface area contributed by atoms with Crippen molar-refractivity contribution in [2.75, 3.05) is 11.9 Å². The van der Waals surface area contributed by atoms with Crippen molar-refractivity contribution in [3.63, 3.8) is 0 Å². The van der Waals surface area contributed by atoms with Gasteiger partial charge in [0.2, 0.25) is 5.91 Å². The second kappa shape index (κ2) is 8.75. The smallest absolute Gasteiger partial charge is 0.410 e. The van der Waals surface area contributed by atoms with E-state index in [1.807, 2.05) is 58.9 Å². The molecule has 1 N–H and O–H groups in total. The molecule has 0 saturated heterocycles. The van der Waals surface area contributed by atoms with Crippen LogP contribution >= 0.6 is 23.1 Å². The molecule has 6 nitrogen and oxygen atoms in total. The lowest BCUT2D eigenvalue weighted by Crippen LogP contribution is -2.39. The van der Waals surface area contributed by atoms with Crippen molar-refractivity contribution >= 4 is 40.2 Å². The molecular weight excluding hydrogens is 406 g/mol. The van der Waals surface area contributed by atoms with Gasteiger partial charge in [-0.05, 0) is 46.8 Å². The van der Waals surface area contributed by atoms with E-state index in [9.17, 15) is 9.59 Å². The first-order valence-electron chi connectivity index (χ1n) is 9.61. The van der Waals surface area contributed by atoms with Crippen LogP contribution in [0.1, 0.15) is 43.8 Å². The summed E-state index contributed by atoms with van der Waals surface area (Å²) in [7, 11) is 0. The van der Waals surface area contributed by atoms with Crippen LogP contribution in [-0.4, -0.2) is 39.3 Å². The first kappa shape index (κ1) is 21.6. The number of aromatic nitrogens is 1. The topological polar surface area (TPSA) is 71.5 Å². The van der Waals surface area contributed by atoms with Crippen molar-refractivity contribution in [2.45, 2.75) is 63.3 Å². The molecule has 0 bridgehead atoms. The van der Waals surface area contributed by atoms with E-state index < -0.39 is 5.60 Å². The Balaban J connectivity index is 1.59. The fourth-order valence-corrected chi connectivity index (χ4v) is 4.71. The van der Waals surface area contributed by atoms with E-state index in [2.05, 4.69) is 10.3 Å². The van der Waals surface area contributed by atoms with E-state index in [1.165, 1.54) is 28.7 Å². The third kappa shape index (κ3) is 5.96. The SMILES string of the molecule is Cc1ccc(SC(C)C(=O)Nc2nc3c(s2)CN(C(=O)OC(C)(C)C)CC3)cc1. The van der Waals surface area contributed by atoms with Crippen LogP contribution in [0.3, 0.4) is 0 Å². The van der Waals surface area contributed by atoms with Gasteiger partial charge in [-0.15, -0.1) is 11.8 Å². The zero-order valence-corrected chi connectivity index (χ0v) is 19.1. The zero-order valence-electron chi connectivity index (χ0n) is 17.4. The molecule has 2 amide bonds. The molecule has 1 aliphatic heterocycles. The lowest BCUT2D eigenvalue weighted by molar-refractivity contribution is -0.115. The second-order valence-electron chi connectivity index (χ2n) is 8.10. The quantitative estimate of drug-likeness (QED) is 0.697. The molecule has 0 spiro atoms. The number of benzene rings is 1. The third-order valence-corrected chi connectivity index (χ3v) is 6.43. The number of carbonyl (C=O) groups excluding carboxylic acids is 2. The van der Waals surface area contributed by atoms with Gasteiger partial charge in [-0.25, -0.2) is 9.78 Å². The van der Waals surface area contributed by atoms with Crippen molar-refractivity contribution in [1.82, 2.24) is 9.88 Å². The number of rotatable bonds is 4. The van der Waals surface area contributed by atoms with E-state index in [0.29, 0.717) is 24.6 Å². The van der Waals surface area contributed by atoms with Crippen LogP contribution in [0, 0.1) is 6.92 Å². The molecule has 1 aliphatic rings. The van der Waals surface area contributed by atoms with E-state index in [0.717, 1.165) is 15.5 Å². The van der Waals surface area contributed by atoms with Crippen molar-refractivity contribution in [3.8, 4) is 0 Å². The van der Waals surface area contributed by atoms with Crippen molar-refractivity contribution < 1.29 is 14.3 Å². The molecular formula is C21H27N3O3S2. The van der Waals surface area contributed by atoms with Gasteiger partial charge in [-0.1, -0.05) is 29.0 Å². The minimum Gasteiger partial charge on any atom is -0.444 e. The molecule has 1 aromatic heterocycles. The minimum absolute atomic E-state index is 0.0781. The average Bonchev–Trinajstić information content (AvgIpc) is 3.03. The molecule has 0 fully saturated rings. The number of nitrogens with one attached hydrogen (secondary N) is 1. The normalized spacial score (nSPS) is 14.9. The largest absolute Gasteiger partial charge is 0.444 e. The summed E-state index contributed by atoms with van der Waals surface area (Å²) in [4.78, 5) is 33.2. The minimum atomic E-state index is -0.518. The number of fused-ring (bicyclic) bond motifs is 1. The summed E-state index contributed by atoms with van der Waals surface area (Å²) in [6.45, 7) is 10.5. The van der Waals surface area contributed by atoms with Gasteiger partial charge in [0, 0.05) is 22.7 Å². The Morgan fingerprint density at radius 2 is 1.97 bits per heavy atom. The Hall–Kier alpha value is -2.06. The summed E-state index contributed by atoms with van der Waals surface area (Å²) in [5.74, 6) is -0.0781. The number of thioether (sulfide) groups is 1. The van der Waals surface area contributed by atoms with Crippen LogP contribution in [0.5, 0.6) is 0 Å². The standard InChI is InChI=1S/C21H27N3O3S2/c1-13-6-8-15(9-7-13)28-14(2)18(25)23-19-22-16-10-11-24(12-17(16)29-19)20(26)27-21(3,4)5/h6-9,14H,10-12H2,1-5H3,(H,22,23,25). The molecule has 1 atom stereocenters. The Kier molecular flexibility index (Phi) is 6.53. The summed E-state index contributed by atoms with van der Waals surface area (Å²) in [6, 6.07) is 8.13. The average molecular weight is 434 g/mol. The van der Waals surface area contributed by atoms with Crippen LogP contribution in [0.15, 0.2) is 29.2 Å². The lowest BCUT2D eigenvalue weighted by atomic mass is 10.2. The predicted octanol–water partition coefficient (Wildman–Crippen LogP) is 4.86. The maximum absolute atomic E-state index is 12.6. The van der Waals surface area contributed by atoms with Crippen LogP contribution in [0.4, 0.5) is 9.93 Å². The number of carbonyl (C=O) groups is 2. The molecule has 8 heteroatoms. The number of ether oxygens (including phenoxy) is 1. The lowest BCUT2D eigenvalue weighted by Gasteiger charge is -2.29. The van der Waals surface area contributed by atoms with Crippen molar-refractivity contribution in [2.24, 2.45) is 0 Å². The van der Waals surface area contributed by atoms with Crippen LogP contribution < -0.4 is 5.32 Å². The monoisotopic (exact) mass is 433 g/mol. The van der Waals surface area contributed by atoms with Gasteiger partial charge in [-0.3, -0.25) is 4.79 Å². The zero-order chi connectivity index (χ0) is 21.2. The van der Waals surface area contributed by atoms with Gasteiger partial charge < -0.3 is 15.0 Å². The molecule has 0 radical (unpaired) electrons. The fraction of sp³-hybridized carbons (Fsp3) is 0.476. The van der Waals surface area contributed by atoms with Gasteiger partial charge in [0.25, 0.3) is 0 Å². The number of hydrogen-bond donors (Lipinski definition) is 1. The molecule has 2 heterocycles. The van der Waals surface area contributed by atoms with E-state index in [4.69, 9.17) is 4.74 Å². The number of hydrogen-bond acceptors (Lipinski definition) is 6. The Morgan fingerprint density at radius 3 is 2.62 bits per heavy atom. The van der Waals surface area contributed by atoms with Crippen LogP contribution in [0.25, 0.3) is 0 Å². The molecule has 29 heavy (non-hydrogen) atoms. The molecule has 156 valence electrons. The second-order valence-corrected chi connectivity index (χ2v) is 10.6. The van der Waals surface area contributed by atoms with Gasteiger partial charge >= 0.3 is 6.09 Å². The molecule has 0 aliphatic carbocycles. The first-order chi connectivity index (χ1) is 13.6. The summed E-state index contributed by atoms with van der Waals surface area (Å²) in [6.07, 6.45) is 0.347. The molecule has 3 rings (SSSR count). The van der Waals surface area contributed by atoms with E-state index >= 15 is 0 Å². The maximum atomic E-state index is 12.6. The van der Waals surface area contributed by atoms with E-state index in [-0.39, 0.29) is 17.3 Å². The first-order valence-corrected chi connectivity index (χ1v) is 11.3. The predicted molar refractivity (Wildman–Crippen MR) is 118 cm³/mol. The summed E-state index contributed by atoms with van der Waals surface area (Å²) >= 11 is 2.95. The fourth-order valence-electron chi connectivity index (χ4n) is 2.81. The third-order valence-electron chi connectivity index (χ3n) is 4.32. The number of thiazole rings is 1. The van der Waals surface area contributed by atoms with Crippen molar-refractivity contribution in [1.29, 1.82) is 0 Å². The molecule has 2 aromatic rings. The van der Waals surface area contributed by atoms with Gasteiger partial charge in [0.05, 0.1) is 17.5 Å². The van der Waals surface area contributed by atoms with E-state index in [1.54, 1.807) is 4.90 Å². The number of aryl methyl sites for hydroxylation is 1. The number of amides is 2. The highest BCUT2D eigenvalue weighted by molar-refractivity contribution is 8.00. The summed E-state index contributed by atoms with van der Waals surface area (Å²) in [5.41, 5.74) is 1.62. The number of nitrogens with zero attached hydrogens (tertiary/aromatic N) is 2. The van der Waals surface area contributed by atoms with Crippen molar-refractivity contribution in [3.05, 3.63) is 40.4 Å². The van der Waals surface area contributed by atoms with Crippen LogP contribution in [0.2, 0.25) is 0 Å². The van der Waals surface area contributed by atoms with Gasteiger partial charge in [-0.2, -0.15) is 0 Å². The highest BCUT2D eigenvalue weighted by Gasteiger charge is 2.28. The summed E-state index contributed by atoms with van der Waals surface area (Å²) in [5, 5.41) is 3.27. The number of anilines is 1. The molecule has 0 saturated carbocycles. The highest BCUT2D eigenvalue weighted by atomic mass is 32.2. The molecule has 1 unspecified atom stereocenters. The van der Waals surface area contributed by atoms with Gasteiger partial charge in [0.1, 0.15) is 5.60 Å². The Bertz CT molecular complexity index is 888. The molecule has 1 aromatic carbocycles. The Morgan fingerprint density at radius 1 is 1.28 bits per heavy atom. The van der Waals surface area contributed by atoms with Gasteiger partial charge in [0.15, 0.2) is 5.13 Å².